The third kappa shape index (κ3) is 5.94. The predicted octanol–water partition coefficient (Wildman–Crippen LogP) is 4.10. The van der Waals surface area contributed by atoms with Crippen LogP contribution in [0.25, 0.3) is 11.3 Å². The first-order valence-corrected chi connectivity index (χ1v) is 12.6. The van der Waals surface area contributed by atoms with Gasteiger partial charge in [-0.1, -0.05) is 49.9 Å². The maximum absolute atomic E-state index is 11.4. The molecule has 0 atom stereocenters. The van der Waals surface area contributed by atoms with Crippen molar-refractivity contribution in [1.29, 1.82) is 0 Å². The number of sulfonamides is 1. The zero-order valence-corrected chi connectivity index (χ0v) is 20.2. The second kappa shape index (κ2) is 10.6. The third-order valence-corrected chi connectivity index (χ3v) is 6.10. The summed E-state index contributed by atoms with van der Waals surface area (Å²) in [6, 6.07) is 7.44. The molecule has 0 saturated carbocycles. The zero-order chi connectivity index (χ0) is 23.3. The molecule has 4 heterocycles. The van der Waals surface area contributed by atoms with Gasteiger partial charge in [0.25, 0.3) is 10.0 Å². The highest BCUT2D eigenvalue weighted by atomic mass is 35.5. The fourth-order valence-electron chi connectivity index (χ4n) is 3.04. The van der Waals surface area contributed by atoms with E-state index >= 15 is 0 Å². The molecule has 9 nitrogen and oxygen atoms in total. The van der Waals surface area contributed by atoms with Gasteiger partial charge in [-0.3, -0.25) is 0 Å². The first-order valence-electron chi connectivity index (χ1n) is 10.3. The Morgan fingerprint density at radius 1 is 0.906 bits per heavy atom. The molecule has 0 aliphatic carbocycles. The van der Waals surface area contributed by atoms with E-state index in [1.54, 1.807) is 22.8 Å². The van der Waals surface area contributed by atoms with Crippen LogP contribution < -0.4 is 5.14 Å². The minimum atomic E-state index is -3.95. The standard InChI is InChI=1S/C10H13ClN4O2S.C10H12ClN3/c1-2-3-4-7-5-6-8-13-9(11)10(15(8)14-7)18(12,16)17;1-2-3-4-8-5-6-10-12-9(11)7-14(10)13-8/h5-6H,2-4H2,1H3,(H2,12,16,17);5-7H,2-4H2,1H3. The Morgan fingerprint density at radius 3 is 2.09 bits per heavy atom. The van der Waals surface area contributed by atoms with Crippen LogP contribution in [0.2, 0.25) is 10.3 Å². The lowest BCUT2D eigenvalue weighted by atomic mass is 10.2. The second-order valence-corrected chi connectivity index (χ2v) is 9.47. The second-order valence-electron chi connectivity index (χ2n) is 7.25. The quantitative estimate of drug-likeness (QED) is 0.410. The van der Waals surface area contributed by atoms with Gasteiger partial charge in [0, 0.05) is 0 Å². The summed E-state index contributed by atoms with van der Waals surface area (Å²) in [4.78, 5) is 8.01. The minimum Gasteiger partial charge on any atom is -0.223 e. The molecule has 0 aromatic carbocycles. The van der Waals surface area contributed by atoms with Gasteiger partial charge < -0.3 is 0 Å². The number of halogens is 2. The van der Waals surface area contributed by atoms with Crippen molar-refractivity contribution < 1.29 is 8.42 Å². The number of nitrogens with zero attached hydrogens (tertiary/aromatic N) is 6. The molecule has 4 rings (SSSR count). The molecule has 2 N–H and O–H groups in total. The summed E-state index contributed by atoms with van der Waals surface area (Å²) in [6.07, 6.45) is 7.88. The maximum Gasteiger partial charge on any atom is 0.258 e. The largest absolute Gasteiger partial charge is 0.258 e. The Labute approximate surface area is 196 Å². The molecule has 0 aliphatic heterocycles. The molecular formula is C20H25Cl2N7O2S. The fraction of sp³-hybridized carbons (Fsp3) is 0.400. The van der Waals surface area contributed by atoms with Crippen molar-refractivity contribution in [3.05, 3.63) is 52.2 Å². The molecule has 0 bridgehead atoms. The highest BCUT2D eigenvalue weighted by Gasteiger charge is 2.21. The fourth-order valence-corrected chi connectivity index (χ4v) is 4.36. The van der Waals surface area contributed by atoms with Crippen LogP contribution in [-0.4, -0.2) is 37.6 Å². The van der Waals surface area contributed by atoms with Gasteiger partial charge in [0.1, 0.15) is 5.15 Å². The van der Waals surface area contributed by atoms with E-state index in [0.717, 1.165) is 42.7 Å². The molecular weight excluding hydrogens is 473 g/mol. The topological polar surface area (TPSA) is 121 Å². The van der Waals surface area contributed by atoms with Gasteiger partial charge in [0.2, 0.25) is 5.03 Å². The molecule has 0 saturated heterocycles. The number of aromatic nitrogens is 6. The average Bonchev–Trinajstić information content (AvgIpc) is 3.27. The van der Waals surface area contributed by atoms with Gasteiger partial charge in [-0.05, 0) is 49.9 Å². The number of nitrogens with two attached hydrogens (primary N) is 1. The lowest BCUT2D eigenvalue weighted by Crippen LogP contribution is -2.16. The molecule has 172 valence electrons. The first-order chi connectivity index (χ1) is 15.2. The summed E-state index contributed by atoms with van der Waals surface area (Å²) < 4.78 is 25.8. The van der Waals surface area contributed by atoms with Crippen molar-refractivity contribution in [2.45, 2.75) is 57.4 Å². The molecule has 0 aliphatic rings. The van der Waals surface area contributed by atoms with E-state index in [1.165, 1.54) is 17.4 Å². The Bertz CT molecular complexity index is 1320. The molecule has 4 aromatic rings. The predicted molar refractivity (Wildman–Crippen MR) is 125 cm³/mol. The van der Waals surface area contributed by atoms with Crippen LogP contribution in [0.3, 0.4) is 0 Å². The molecule has 0 amide bonds. The van der Waals surface area contributed by atoms with Crippen LogP contribution in [0.5, 0.6) is 0 Å². The third-order valence-electron chi connectivity index (χ3n) is 4.64. The van der Waals surface area contributed by atoms with E-state index in [-0.39, 0.29) is 10.2 Å². The molecule has 0 fully saturated rings. The highest BCUT2D eigenvalue weighted by Crippen LogP contribution is 2.20. The Hall–Kier alpha value is -2.27. The lowest BCUT2D eigenvalue weighted by Gasteiger charge is -2.02. The van der Waals surface area contributed by atoms with Gasteiger partial charge in [-0.25, -0.2) is 28.0 Å². The van der Waals surface area contributed by atoms with Crippen molar-refractivity contribution >= 4 is 44.5 Å². The SMILES string of the molecule is CCCCc1ccc2nc(Cl)c(S(N)(=O)=O)n2n1.CCCCc1ccc2nc(Cl)cn2n1. The van der Waals surface area contributed by atoms with Gasteiger partial charge in [-0.15, -0.1) is 0 Å². The zero-order valence-electron chi connectivity index (χ0n) is 17.9. The number of hydrogen-bond donors (Lipinski definition) is 1. The van der Waals surface area contributed by atoms with Crippen molar-refractivity contribution in [2.24, 2.45) is 5.14 Å². The van der Waals surface area contributed by atoms with Gasteiger partial charge >= 0.3 is 0 Å². The van der Waals surface area contributed by atoms with Crippen molar-refractivity contribution in [2.75, 3.05) is 0 Å². The maximum atomic E-state index is 11.4. The van der Waals surface area contributed by atoms with Gasteiger partial charge in [-0.2, -0.15) is 14.7 Å². The van der Waals surface area contributed by atoms with Crippen molar-refractivity contribution in [3.63, 3.8) is 0 Å². The first kappa shape index (κ1) is 24.4. The Morgan fingerprint density at radius 2 is 1.50 bits per heavy atom. The number of primary sulfonamides is 1. The summed E-state index contributed by atoms with van der Waals surface area (Å²) in [7, 11) is -3.95. The van der Waals surface area contributed by atoms with E-state index in [1.807, 2.05) is 12.1 Å². The molecule has 4 aromatic heterocycles. The van der Waals surface area contributed by atoms with Crippen LogP contribution in [-0.2, 0) is 22.9 Å². The van der Waals surface area contributed by atoms with Crippen LogP contribution >= 0.6 is 23.2 Å². The number of hydrogen-bond acceptors (Lipinski definition) is 6. The van der Waals surface area contributed by atoms with Crippen LogP contribution in [0.4, 0.5) is 0 Å². The Balaban J connectivity index is 0.000000186. The molecule has 32 heavy (non-hydrogen) atoms. The van der Waals surface area contributed by atoms with Crippen LogP contribution in [0.15, 0.2) is 35.5 Å². The number of unbranched alkanes of at least 4 members (excludes halogenated alkanes) is 2. The van der Waals surface area contributed by atoms with Crippen molar-refractivity contribution in [3.8, 4) is 0 Å². The van der Waals surface area contributed by atoms with E-state index < -0.39 is 10.0 Å². The van der Waals surface area contributed by atoms with E-state index in [9.17, 15) is 8.42 Å². The minimum absolute atomic E-state index is 0.155. The smallest absolute Gasteiger partial charge is 0.223 e. The van der Waals surface area contributed by atoms with Gasteiger partial charge in [0.15, 0.2) is 16.4 Å². The normalized spacial score (nSPS) is 11.7. The number of fused-ring (bicyclic) bond motifs is 2. The summed E-state index contributed by atoms with van der Waals surface area (Å²) >= 11 is 11.5. The number of imidazole rings is 2. The Kier molecular flexibility index (Phi) is 8.05. The number of aryl methyl sites for hydroxylation is 2. The summed E-state index contributed by atoms with van der Waals surface area (Å²) in [6.45, 7) is 4.25. The monoisotopic (exact) mass is 497 g/mol. The summed E-state index contributed by atoms with van der Waals surface area (Å²) in [5, 5.41) is 13.8. The molecule has 12 heteroatoms. The van der Waals surface area contributed by atoms with E-state index in [0.29, 0.717) is 10.8 Å². The lowest BCUT2D eigenvalue weighted by molar-refractivity contribution is 0.589. The van der Waals surface area contributed by atoms with Gasteiger partial charge in [0.05, 0.1) is 17.6 Å². The van der Waals surface area contributed by atoms with Crippen LogP contribution in [0.1, 0.15) is 50.9 Å². The molecule has 0 radical (unpaired) electrons. The summed E-state index contributed by atoms with van der Waals surface area (Å²) in [5.41, 5.74) is 3.04. The average molecular weight is 498 g/mol. The highest BCUT2D eigenvalue weighted by molar-refractivity contribution is 7.89. The molecule has 0 spiro atoms. The summed E-state index contributed by atoms with van der Waals surface area (Å²) in [5.74, 6) is 0. The molecule has 0 unspecified atom stereocenters. The van der Waals surface area contributed by atoms with E-state index in [2.05, 4.69) is 34.0 Å². The van der Waals surface area contributed by atoms with Crippen LogP contribution in [0, 0.1) is 0 Å². The number of rotatable bonds is 7. The van der Waals surface area contributed by atoms with Crippen molar-refractivity contribution in [1.82, 2.24) is 29.2 Å². The van der Waals surface area contributed by atoms with E-state index in [4.69, 9.17) is 28.3 Å².